The lowest BCUT2D eigenvalue weighted by atomic mass is 9.71. The van der Waals surface area contributed by atoms with Crippen molar-refractivity contribution in [2.45, 2.75) is 17.8 Å². The first-order chi connectivity index (χ1) is 27.8. The van der Waals surface area contributed by atoms with Gasteiger partial charge in [-0.25, -0.2) is 0 Å². The molecule has 0 aromatic heterocycles. The molecular formula is C54H46P2. The highest BCUT2D eigenvalue weighted by atomic mass is 31.1. The fourth-order valence-electron chi connectivity index (χ4n) is 10.9. The van der Waals surface area contributed by atoms with Crippen LogP contribution in [0, 0.1) is 17.8 Å². The first kappa shape index (κ1) is 34.4. The van der Waals surface area contributed by atoms with Gasteiger partial charge in [-0.1, -0.05) is 216 Å². The van der Waals surface area contributed by atoms with Crippen LogP contribution in [0.15, 0.2) is 200 Å². The highest BCUT2D eigenvalue weighted by Gasteiger charge is 2.44. The summed E-state index contributed by atoms with van der Waals surface area (Å²) in [7, 11) is -0.750. The summed E-state index contributed by atoms with van der Waals surface area (Å²) in [5.41, 5.74) is 6.27. The average Bonchev–Trinajstić information content (AvgIpc) is 3.91. The van der Waals surface area contributed by atoms with E-state index in [9.17, 15) is 0 Å². The highest BCUT2D eigenvalue weighted by Crippen LogP contribution is 2.61. The zero-order valence-electron chi connectivity index (χ0n) is 31.7. The average molecular weight is 757 g/mol. The molecule has 7 atom stereocenters. The molecule has 0 radical (unpaired) electrons. The van der Waals surface area contributed by atoms with Crippen molar-refractivity contribution >= 4 is 58.8 Å². The Labute approximate surface area is 333 Å². The Morgan fingerprint density at radius 1 is 0.357 bits per heavy atom. The maximum Gasteiger partial charge on any atom is 0.00839 e. The molecular weight excluding hydrogens is 711 g/mol. The highest BCUT2D eigenvalue weighted by molar-refractivity contribution is 7.72. The zero-order chi connectivity index (χ0) is 37.0. The number of fused-ring (bicyclic) bond motifs is 4. The van der Waals surface area contributed by atoms with E-state index >= 15 is 0 Å². The van der Waals surface area contributed by atoms with Crippen LogP contribution in [0.1, 0.15) is 34.4 Å². The van der Waals surface area contributed by atoms with Gasteiger partial charge in [-0.3, -0.25) is 0 Å². The third-order valence-electron chi connectivity index (χ3n) is 13.5. The van der Waals surface area contributed by atoms with E-state index in [1.807, 2.05) is 0 Å². The molecule has 0 bridgehead atoms. The van der Waals surface area contributed by atoms with Gasteiger partial charge in [0.25, 0.3) is 0 Å². The number of rotatable bonds is 6. The van der Waals surface area contributed by atoms with Crippen molar-refractivity contribution in [3.05, 3.63) is 216 Å². The van der Waals surface area contributed by atoms with Gasteiger partial charge in [0.05, 0.1) is 0 Å². The number of benzene rings is 7. The minimum Gasteiger partial charge on any atom is -0.0767 e. The third kappa shape index (κ3) is 5.97. The normalized spacial score (nSPS) is 25.9. The van der Waals surface area contributed by atoms with Gasteiger partial charge in [-0.05, 0) is 108 Å². The van der Waals surface area contributed by atoms with E-state index in [0.717, 1.165) is 0 Å². The van der Waals surface area contributed by atoms with Gasteiger partial charge < -0.3 is 0 Å². The van der Waals surface area contributed by atoms with Crippen LogP contribution in [0.5, 0.6) is 0 Å². The van der Waals surface area contributed by atoms with Crippen LogP contribution >= 0.6 is 15.8 Å². The molecule has 2 aliphatic carbocycles. The molecule has 2 saturated heterocycles. The Bertz CT molecular complexity index is 2630. The molecule has 0 nitrogen and oxygen atoms in total. The summed E-state index contributed by atoms with van der Waals surface area (Å²) in [6, 6.07) is 58.3. The van der Waals surface area contributed by atoms with Crippen LogP contribution < -0.4 is 10.6 Å². The van der Waals surface area contributed by atoms with Gasteiger partial charge >= 0.3 is 0 Å². The van der Waals surface area contributed by atoms with Crippen LogP contribution in [0.3, 0.4) is 0 Å². The van der Waals surface area contributed by atoms with E-state index < -0.39 is 0 Å². The van der Waals surface area contributed by atoms with Gasteiger partial charge in [-0.15, -0.1) is 0 Å². The molecule has 2 aliphatic heterocycles. The Kier molecular flexibility index (Phi) is 8.95. The molecule has 272 valence electrons. The summed E-state index contributed by atoms with van der Waals surface area (Å²) in [6.07, 6.45) is 21.7. The van der Waals surface area contributed by atoms with Gasteiger partial charge in [0, 0.05) is 11.8 Å². The quantitative estimate of drug-likeness (QED) is 0.148. The Morgan fingerprint density at radius 2 is 0.750 bits per heavy atom. The summed E-state index contributed by atoms with van der Waals surface area (Å²) in [6.45, 7) is 0. The van der Waals surface area contributed by atoms with E-state index in [0.29, 0.717) is 35.5 Å². The number of hydrogen-bond donors (Lipinski definition) is 0. The summed E-state index contributed by atoms with van der Waals surface area (Å²) >= 11 is 0. The minimum absolute atomic E-state index is 0.369. The first-order valence-corrected chi connectivity index (χ1v) is 24.0. The van der Waals surface area contributed by atoms with Crippen molar-refractivity contribution in [1.29, 1.82) is 0 Å². The molecule has 0 N–H and O–H groups in total. The molecule has 2 heteroatoms. The van der Waals surface area contributed by atoms with Gasteiger partial charge in [0.1, 0.15) is 0 Å². The maximum atomic E-state index is 2.56. The molecule has 2 heterocycles. The summed E-state index contributed by atoms with van der Waals surface area (Å²) in [4.78, 5) is 0. The van der Waals surface area contributed by atoms with Crippen LogP contribution in [-0.4, -0.2) is 24.6 Å². The fourth-order valence-corrected chi connectivity index (χ4v) is 18.0. The summed E-state index contributed by atoms with van der Waals surface area (Å²) < 4.78 is 0. The van der Waals surface area contributed by atoms with Crippen molar-refractivity contribution in [1.82, 2.24) is 0 Å². The van der Waals surface area contributed by atoms with Crippen molar-refractivity contribution in [2.75, 3.05) is 24.6 Å². The molecule has 2 fully saturated rings. The van der Waals surface area contributed by atoms with E-state index in [1.54, 1.807) is 21.7 Å². The summed E-state index contributed by atoms with van der Waals surface area (Å²) in [5.74, 6) is 2.89. The second kappa shape index (κ2) is 14.6. The van der Waals surface area contributed by atoms with E-state index in [2.05, 4.69) is 194 Å². The van der Waals surface area contributed by atoms with E-state index in [-0.39, 0.29) is 15.8 Å². The molecule has 0 amide bonds. The molecule has 4 aliphatic rings. The van der Waals surface area contributed by atoms with Crippen LogP contribution in [0.25, 0.3) is 32.3 Å². The zero-order valence-corrected chi connectivity index (χ0v) is 33.5. The van der Waals surface area contributed by atoms with Gasteiger partial charge in [0.15, 0.2) is 0 Å². The molecule has 56 heavy (non-hydrogen) atoms. The number of allylic oxidation sites excluding steroid dienone is 8. The van der Waals surface area contributed by atoms with Crippen LogP contribution in [-0.2, 0) is 0 Å². The van der Waals surface area contributed by atoms with E-state index in [1.165, 1.54) is 68.1 Å². The second-order valence-electron chi connectivity index (χ2n) is 16.4. The third-order valence-corrected chi connectivity index (χ3v) is 19.1. The lowest BCUT2D eigenvalue weighted by molar-refractivity contribution is 0.500. The lowest BCUT2D eigenvalue weighted by Crippen LogP contribution is -2.25. The number of hydrogen-bond acceptors (Lipinski definition) is 0. The molecule has 7 aromatic carbocycles. The molecule has 0 spiro atoms. The predicted molar refractivity (Wildman–Crippen MR) is 245 cm³/mol. The van der Waals surface area contributed by atoms with Crippen molar-refractivity contribution in [3.63, 3.8) is 0 Å². The molecule has 0 saturated carbocycles. The Balaban J connectivity index is 1.01. The lowest BCUT2D eigenvalue weighted by Gasteiger charge is -2.33. The molecule has 4 unspecified atom stereocenters. The SMILES string of the molecule is C1=CC2C=CC=C([C@H]3CP(c4ccccc4P4C[C@H](c5cccc6ccccc56)[C@@H](c5cccc6ccccc56)C4)CC3c3cccc4ccccc34)C2C=C1. The largest absolute Gasteiger partial charge is 0.0767 e. The molecule has 7 aromatic rings. The van der Waals surface area contributed by atoms with Crippen molar-refractivity contribution in [3.8, 4) is 0 Å². The maximum absolute atomic E-state index is 2.56. The summed E-state index contributed by atoms with van der Waals surface area (Å²) in [5, 5.41) is 11.8. The second-order valence-corrected chi connectivity index (χ2v) is 20.9. The predicted octanol–water partition coefficient (Wildman–Crippen LogP) is 13.2. The Morgan fingerprint density at radius 3 is 1.27 bits per heavy atom. The van der Waals surface area contributed by atoms with Crippen molar-refractivity contribution in [2.24, 2.45) is 17.8 Å². The molecule has 11 rings (SSSR count). The van der Waals surface area contributed by atoms with Gasteiger partial charge in [-0.2, -0.15) is 0 Å². The minimum atomic E-state index is -0.382. The van der Waals surface area contributed by atoms with Crippen LogP contribution in [0.4, 0.5) is 0 Å². The topological polar surface area (TPSA) is 0 Å². The smallest absolute Gasteiger partial charge is 0.00839 e. The first-order valence-electron chi connectivity index (χ1n) is 20.5. The van der Waals surface area contributed by atoms with Crippen molar-refractivity contribution < 1.29 is 0 Å². The van der Waals surface area contributed by atoms with E-state index in [4.69, 9.17) is 0 Å². The Hall–Kier alpha value is -4.86. The van der Waals surface area contributed by atoms with Crippen LogP contribution in [0.2, 0.25) is 0 Å². The monoisotopic (exact) mass is 756 g/mol. The van der Waals surface area contributed by atoms with Gasteiger partial charge in [0.2, 0.25) is 0 Å². The standard InChI is InChI=1S/C54H46P2/c1-5-23-41-37(15-1)19-11-27-45(41)49-33-55(34-50(49)46-28-12-20-38-16-2-6-24-42(38)46)53-31-9-10-32-54(53)56-35-51(47-29-13-21-39-17-3-7-25-43(39)47)52(36-56)48-30-14-22-40-18-4-8-26-44(40)48/h1-32,37,41,49-52H,33-36H2/t37?,41?,49-,50?,51-,52-,55?/m1/s1. The fraction of sp³-hybridized carbons (Fsp3) is 0.185.